The van der Waals surface area contributed by atoms with Crippen molar-refractivity contribution in [3.05, 3.63) is 11.6 Å². The van der Waals surface area contributed by atoms with Crippen LogP contribution in [0, 0.1) is 28.6 Å². The van der Waals surface area contributed by atoms with Crippen molar-refractivity contribution in [2.45, 2.75) is 83.8 Å². The highest BCUT2D eigenvalue weighted by Gasteiger charge is 2.58. The number of rotatable bonds is 7. The number of carbonyl (C=O) groups is 3. The Balaban J connectivity index is 1.37. The van der Waals surface area contributed by atoms with Gasteiger partial charge in [-0.15, -0.1) is 0 Å². The number of nitrogens with zero attached hydrogens (tertiary/aromatic N) is 1. The minimum atomic E-state index is -1.38. The molecule has 2 amide bonds. The molecule has 0 spiro atoms. The Morgan fingerprint density at radius 2 is 1.94 bits per heavy atom. The monoisotopic (exact) mass is 475 g/mol. The summed E-state index contributed by atoms with van der Waals surface area (Å²) in [5.74, 6) is -0.911. The number of amides is 2. The molecule has 4 rings (SSSR count). The number of nitrogens with one attached hydrogen (secondary N) is 1. The Morgan fingerprint density at radius 1 is 1.18 bits per heavy atom. The Labute approximate surface area is 200 Å². The lowest BCUT2D eigenvalue weighted by Gasteiger charge is -2.57. The van der Waals surface area contributed by atoms with Gasteiger partial charge in [0.15, 0.2) is 6.61 Å². The van der Waals surface area contributed by atoms with Gasteiger partial charge < -0.3 is 26.1 Å². The van der Waals surface area contributed by atoms with Crippen molar-refractivity contribution in [2.75, 3.05) is 6.61 Å². The molecule has 0 heterocycles. The molecule has 3 fully saturated rings. The maximum absolute atomic E-state index is 12.0. The van der Waals surface area contributed by atoms with Gasteiger partial charge in [0.25, 0.3) is 5.91 Å². The highest BCUT2D eigenvalue weighted by Crippen LogP contribution is 2.65. The first-order valence-electron chi connectivity index (χ1n) is 12.4. The number of allylic oxidation sites excluding steroid dienone is 2. The quantitative estimate of drug-likeness (QED) is 0.414. The van der Waals surface area contributed by atoms with Crippen LogP contribution in [0.15, 0.2) is 16.8 Å². The summed E-state index contributed by atoms with van der Waals surface area (Å²) < 4.78 is 0. The predicted molar refractivity (Wildman–Crippen MR) is 124 cm³/mol. The van der Waals surface area contributed by atoms with Crippen molar-refractivity contribution in [1.29, 1.82) is 0 Å². The number of carboxylic acid groups (broad SMARTS) is 1. The molecule has 34 heavy (non-hydrogen) atoms. The number of carbonyl (C=O) groups excluding carboxylic acids is 2. The summed E-state index contributed by atoms with van der Waals surface area (Å²) >= 11 is 0. The third-order valence-corrected chi connectivity index (χ3v) is 9.34. The van der Waals surface area contributed by atoms with Crippen LogP contribution in [0.5, 0.6) is 0 Å². The van der Waals surface area contributed by atoms with Crippen molar-refractivity contribution < 1.29 is 29.4 Å². The average molecular weight is 476 g/mol. The number of aliphatic hydroxyl groups is 1. The number of nitrogens with two attached hydrogens (primary N) is 1. The van der Waals surface area contributed by atoms with E-state index in [1.807, 2.05) is 0 Å². The van der Waals surface area contributed by atoms with Crippen LogP contribution in [0.3, 0.4) is 0 Å². The standard InChI is InChI=1S/C25H37N3O6/c1-24-9-7-15(28-34-13-22(31)27-19(23(32)33)12-21(26)30)11-14(24)3-4-16-17-5-6-20(29)25(17,2)10-8-18(16)24/h11,16-20,29H,3-10,12-13H2,1-2H3,(H2,26,30)(H,27,31)(H,32,33)/b28-15+/t16-,17+,18-,19+,20+,24+,25+/m1/s1. The van der Waals surface area contributed by atoms with Gasteiger partial charge >= 0.3 is 5.97 Å². The van der Waals surface area contributed by atoms with E-state index in [0.717, 1.165) is 57.1 Å². The van der Waals surface area contributed by atoms with Gasteiger partial charge in [-0.1, -0.05) is 24.6 Å². The number of oxime groups is 1. The molecule has 0 radical (unpaired) electrons. The van der Waals surface area contributed by atoms with Crippen LogP contribution in [0.25, 0.3) is 0 Å². The van der Waals surface area contributed by atoms with E-state index in [1.54, 1.807) is 0 Å². The van der Waals surface area contributed by atoms with Gasteiger partial charge in [0.1, 0.15) is 6.04 Å². The van der Waals surface area contributed by atoms with Gasteiger partial charge in [0.05, 0.1) is 18.2 Å². The van der Waals surface area contributed by atoms with Gasteiger partial charge in [0, 0.05) is 0 Å². The molecule has 5 N–H and O–H groups in total. The number of fused-ring (bicyclic) bond motifs is 5. The minimum Gasteiger partial charge on any atom is -0.480 e. The zero-order chi connectivity index (χ0) is 24.7. The van der Waals surface area contributed by atoms with Gasteiger partial charge in [-0.3, -0.25) is 9.59 Å². The molecule has 188 valence electrons. The summed E-state index contributed by atoms with van der Waals surface area (Å²) in [7, 11) is 0. The van der Waals surface area contributed by atoms with E-state index in [9.17, 15) is 19.5 Å². The van der Waals surface area contributed by atoms with E-state index in [4.69, 9.17) is 15.7 Å². The lowest BCUT2D eigenvalue weighted by atomic mass is 9.47. The zero-order valence-corrected chi connectivity index (χ0v) is 20.1. The second-order valence-corrected chi connectivity index (χ2v) is 11.1. The fraction of sp³-hybridized carbons (Fsp3) is 0.760. The molecule has 0 saturated heterocycles. The van der Waals surface area contributed by atoms with E-state index in [1.165, 1.54) is 5.57 Å². The lowest BCUT2D eigenvalue weighted by Crippen LogP contribution is -2.51. The second-order valence-electron chi connectivity index (χ2n) is 11.1. The summed E-state index contributed by atoms with van der Waals surface area (Å²) in [5, 5.41) is 26.1. The fourth-order valence-electron chi connectivity index (χ4n) is 7.43. The number of aliphatic carboxylic acids is 1. The summed E-state index contributed by atoms with van der Waals surface area (Å²) in [6.07, 6.45) is 9.71. The molecule has 0 aromatic heterocycles. The molecule has 4 aliphatic rings. The first-order chi connectivity index (χ1) is 16.0. The highest BCUT2D eigenvalue weighted by atomic mass is 16.6. The van der Waals surface area contributed by atoms with E-state index < -0.39 is 36.9 Å². The van der Waals surface area contributed by atoms with Crippen LogP contribution in [0.1, 0.15) is 71.6 Å². The average Bonchev–Trinajstić information content (AvgIpc) is 3.07. The second kappa shape index (κ2) is 9.32. The van der Waals surface area contributed by atoms with Crippen LogP contribution in [-0.4, -0.2) is 52.5 Å². The van der Waals surface area contributed by atoms with Crippen molar-refractivity contribution in [1.82, 2.24) is 5.32 Å². The van der Waals surface area contributed by atoms with Crippen molar-refractivity contribution in [2.24, 2.45) is 39.5 Å². The number of hydrogen-bond donors (Lipinski definition) is 4. The molecule has 0 unspecified atom stereocenters. The zero-order valence-electron chi connectivity index (χ0n) is 20.1. The third-order valence-electron chi connectivity index (χ3n) is 9.34. The molecule has 0 aliphatic heterocycles. The molecular formula is C25H37N3O6. The first kappa shape index (κ1) is 24.7. The third kappa shape index (κ3) is 4.46. The lowest BCUT2D eigenvalue weighted by molar-refractivity contribution is -0.144. The molecule has 9 nitrogen and oxygen atoms in total. The van der Waals surface area contributed by atoms with E-state index in [-0.39, 0.29) is 16.9 Å². The smallest absolute Gasteiger partial charge is 0.326 e. The molecule has 3 saturated carbocycles. The summed E-state index contributed by atoms with van der Waals surface area (Å²) in [5.41, 5.74) is 7.43. The number of primary amides is 1. The fourth-order valence-corrected chi connectivity index (χ4v) is 7.43. The van der Waals surface area contributed by atoms with Crippen molar-refractivity contribution in [3.8, 4) is 0 Å². The van der Waals surface area contributed by atoms with Crippen LogP contribution in [0.4, 0.5) is 0 Å². The van der Waals surface area contributed by atoms with E-state index in [0.29, 0.717) is 17.8 Å². The Hall–Kier alpha value is -2.42. The number of aliphatic hydroxyl groups excluding tert-OH is 1. The van der Waals surface area contributed by atoms with Gasteiger partial charge in [-0.2, -0.15) is 0 Å². The van der Waals surface area contributed by atoms with E-state index >= 15 is 0 Å². The largest absolute Gasteiger partial charge is 0.480 e. The van der Waals surface area contributed by atoms with Gasteiger partial charge in [0.2, 0.25) is 5.91 Å². The molecular weight excluding hydrogens is 438 g/mol. The minimum absolute atomic E-state index is 0.0749. The Kier molecular flexibility index (Phi) is 6.77. The molecule has 0 aromatic carbocycles. The maximum atomic E-state index is 12.0. The molecule has 7 atom stereocenters. The van der Waals surface area contributed by atoms with Crippen molar-refractivity contribution in [3.63, 3.8) is 0 Å². The summed E-state index contributed by atoms with van der Waals surface area (Å²) in [6, 6.07) is -1.38. The van der Waals surface area contributed by atoms with Crippen LogP contribution >= 0.6 is 0 Å². The number of hydrogen-bond acceptors (Lipinski definition) is 6. The van der Waals surface area contributed by atoms with E-state index in [2.05, 4.69) is 30.4 Å². The predicted octanol–water partition coefficient (Wildman–Crippen LogP) is 2.13. The SMILES string of the molecule is C[C@]12CC[C@@H]3[C@H](CCC4=C/C(=N/OCC(=O)N[C@@H](CC(N)=O)C(=O)O)CC[C@@]43C)[C@@H]1CC[C@@H]2O. The summed E-state index contributed by atoms with van der Waals surface area (Å²) in [6.45, 7) is 4.25. The molecule has 9 heteroatoms. The normalized spacial score (nSPS) is 38.7. The van der Waals surface area contributed by atoms with Crippen LogP contribution in [-0.2, 0) is 19.2 Å². The van der Waals surface area contributed by atoms with Crippen LogP contribution in [0.2, 0.25) is 0 Å². The summed E-state index contributed by atoms with van der Waals surface area (Å²) in [4.78, 5) is 39.3. The maximum Gasteiger partial charge on any atom is 0.326 e. The molecule has 0 bridgehead atoms. The van der Waals surface area contributed by atoms with Crippen LogP contribution < -0.4 is 11.1 Å². The Bertz CT molecular complexity index is 916. The first-order valence-corrected chi connectivity index (χ1v) is 12.4. The molecule has 4 aliphatic carbocycles. The Morgan fingerprint density at radius 3 is 2.65 bits per heavy atom. The highest BCUT2D eigenvalue weighted by molar-refractivity contribution is 5.96. The van der Waals surface area contributed by atoms with Gasteiger partial charge in [-0.25, -0.2) is 4.79 Å². The van der Waals surface area contributed by atoms with Crippen molar-refractivity contribution >= 4 is 23.5 Å². The number of carboxylic acids is 1. The molecule has 0 aromatic rings. The topological polar surface area (TPSA) is 151 Å². The van der Waals surface area contributed by atoms with Gasteiger partial charge in [-0.05, 0) is 86.0 Å².